The molecule has 2 aromatic carbocycles. The number of para-hydroxylation sites is 1. The van der Waals surface area contributed by atoms with Crippen molar-refractivity contribution in [3.63, 3.8) is 0 Å². The number of hydrogen-bond acceptors (Lipinski definition) is 1. The van der Waals surface area contributed by atoms with Crippen LogP contribution in [0.5, 0.6) is 5.75 Å². The fourth-order valence-electron chi connectivity index (χ4n) is 4.30. The first-order valence-corrected chi connectivity index (χ1v) is 11.1. The maximum atomic E-state index is 6.62. The van der Waals surface area contributed by atoms with Gasteiger partial charge in [-0.1, -0.05) is 65.8 Å². The molecule has 158 valence electrons. The van der Waals surface area contributed by atoms with E-state index in [1.165, 1.54) is 22.4 Å². The first kappa shape index (κ1) is 21.9. The van der Waals surface area contributed by atoms with Gasteiger partial charge in [0.2, 0.25) is 6.73 Å². The number of benzene rings is 2. The van der Waals surface area contributed by atoms with E-state index in [1.807, 2.05) is 0 Å². The van der Waals surface area contributed by atoms with Crippen molar-refractivity contribution in [1.82, 2.24) is 4.48 Å². The lowest BCUT2D eigenvalue weighted by Gasteiger charge is -2.51. The Balaban J connectivity index is 2.30. The van der Waals surface area contributed by atoms with Gasteiger partial charge in [0, 0.05) is 5.56 Å². The monoisotopic (exact) mass is 394 g/mol. The predicted molar refractivity (Wildman–Crippen MR) is 126 cm³/mol. The number of hydrogen-bond donors (Lipinski definition) is 0. The summed E-state index contributed by atoms with van der Waals surface area (Å²) in [5.74, 6) is 1.11. The highest BCUT2D eigenvalue weighted by molar-refractivity contribution is 5.57. The smallest absolute Gasteiger partial charge is 0.229 e. The van der Waals surface area contributed by atoms with Gasteiger partial charge in [0.05, 0.1) is 12.6 Å². The molecule has 0 spiro atoms. The molecule has 3 rings (SSSR count). The lowest BCUT2D eigenvalue weighted by atomic mass is 9.72. The van der Waals surface area contributed by atoms with Crippen LogP contribution < -0.4 is 9.22 Å². The van der Waals surface area contributed by atoms with E-state index in [4.69, 9.17) is 4.74 Å². The summed E-state index contributed by atoms with van der Waals surface area (Å²) >= 11 is 0. The first-order chi connectivity index (χ1) is 13.4. The summed E-state index contributed by atoms with van der Waals surface area (Å²) in [7, 11) is 2.31. The van der Waals surface area contributed by atoms with E-state index >= 15 is 0 Å². The Labute approximate surface area is 178 Å². The van der Waals surface area contributed by atoms with Crippen LogP contribution in [0.2, 0.25) is 0 Å². The summed E-state index contributed by atoms with van der Waals surface area (Å²) in [6.07, 6.45) is 2.20. The molecular weight excluding hydrogens is 354 g/mol. The molecule has 1 unspecified atom stereocenters. The average molecular weight is 395 g/mol. The standard InChI is InChI=1S/C27H40NO/c1-10-25(3,4)20-17-22(26(5,6)11-2)24-23(18-20)27(7,8)28(9,19-29-24)21-15-13-12-14-16-21/h12-18H,10-11,19H2,1-9H3/q+1. The predicted octanol–water partition coefficient (Wildman–Crippen LogP) is 7.28. The van der Waals surface area contributed by atoms with Crippen LogP contribution in [0.3, 0.4) is 0 Å². The molecule has 0 bridgehead atoms. The molecule has 0 radical (unpaired) electrons. The SMILES string of the molecule is CCC(C)(C)c1cc(C(C)(C)CC)c2c(c1)C(C)(C)[N+](C)(c1ccccc1)CO2. The Kier molecular flexibility index (Phi) is 5.41. The molecule has 0 aliphatic carbocycles. The van der Waals surface area contributed by atoms with E-state index < -0.39 is 0 Å². The molecule has 0 N–H and O–H groups in total. The van der Waals surface area contributed by atoms with Crippen molar-refractivity contribution in [2.24, 2.45) is 0 Å². The van der Waals surface area contributed by atoms with Crippen molar-refractivity contribution in [1.29, 1.82) is 0 Å². The minimum absolute atomic E-state index is 0.0769. The highest BCUT2D eigenvalue weighted by Crippen LogP contribution is 2.51. The number of nitrogens with zero attached hydrogens (tertiary/aromatic N) is 1. The second kappa shape index (κ2) is 7.16. The summed E-state index contributed by atoms with van der Waals surface area (Å²) in [4.78, 5) is 0. The van der Waals surface area contributed by atoms with Gasteiger partial charge in [0.15, 0.2) is 0 Å². The van der Waals surface area contributed by atoms with Gasteiger partial charge < -0.3 is 4.74 Å². The van der Waals surface area contributed by atoms with Gasteiger partial charge in [-0.25, -0.2) is 0 Å². The molecule has 1 atom stereocenters. The van der Waals surface area contributed by atoms with Crippen LogP contribution in [0.15, 0.2) is 42.5 Å². The topological polar surface area (TPSA) is 9.23 Å². The van der Waals surface area contributed by atoms with Gasteiger partial charge in [-0.05, 0) is 61.3 Å². The van der Waals surface area contributed by atoms with E-state index in [2.05, 4.69) is 105 Å². The summed E-state index contributed by atoms with van der Waals surface area (Å²) in [6.45, 7) is 19.4. The Morgan fingerprint density at radius 1 is 0.931 bits per heavy atom. The zero-order chi connectivity index (χ0) is 21.7. The lowest BCUT2D eigenvalue weighted by molar-refractivity contribution is 0.0361. The van der Waals surface area contributed by atoms with E-state index in [0.717, 1.165) is 23.1 Å². The second-order valence-electron chi connectivity index (χ2n) is 10.7. The fraction of sp³-hybridized carbons (Fsp3) is 0.556. The van der Waals surface area contributed by atoms with Crippen LogP contribution in [0.4, 0.5) is 5.69 Å². The van der Waals surface area contributed by atoms with Crippen LogP contribution in [-0.2, 0) is 16.4 Å². The van der Waals surface area contributed by atoms with E-state index in [9.17, 15) is 0 Å². The molecule has 0 saturated heterocycles. The van der Waals surface area contributed by atoms with Crippen molar-refractivity contribution in [2.75, 3.05) is 13.8 Å². The van der Waals surface area contributed by atoms with Gasteiger partial charge in [0.1, 0.15) is 17.0 Å². The highest BCUT2D eigenvalue weighted by atomic mass is 16.5. The molecule has 2 aromatic rings. The van der Waals surface area contributed by atoms with Crippen molar-refractivity contribution in [3.8, 4) is 5.75 Å². The highest BCUT2D eigenvalue weighted by Gasteiger charge is 2.50. The van der Waals surface area contributed by atoms with E-state index in [1.54, 1.807) is 0 Å². The largest absolute Gasteiger partial charge is 0.444 e. The molecule has 1 aliphatic rings. The van der Waals surface area contributed by atoms with Crippen LogP contribution in [0.1, 0.15) is 84.9 Å². The van der Waals surface area contributed by atoms with Crippen molar-refractivity contribution >= 4 is 5.69 Å². The van der Waals surface area contributed by atoms with Gasteiger partial charge in [0.25, 0.3) is 0 Å². The second-order valence-corrected chi connectivity index (χ2v) is 10.7. The molecule has 29 heavy (non-hydrogen) atoms. The maximum absolute atomic E-state index is 6.62. The Morgan fingerprint density at radius 3 is 2.07 bits per heavy atom. The third kappa shape index (κ3) is 3.40. The summed E-state index contributed by atoms with van der Waals surface area (Å²) < 4.78 is 7.36. The van der Waals surface area contributed by atoms with Gasteiger partial charge >= 0.3 is 0 Å². The minimum atomic E-state index is -0.104. The van der Waals surface area contributed by atoms with Gasteiger partial charge in [-0.2, -0.15) is 0 Å². The Morgan fingerprint density at radius 2 is 1.52 bits per heavy atom. The molecule has 0 aromatic heterocycles. The number of ether oxygens (including phenoxy) is 1. The fourth-order valence-corrected chi connectivity index (χ4v) is 4.30. The van der Waals surface area contributed by atoms with Crippen LogP contribution >= 0.6 is 0 Å². The van der Waals surface area contributed by atoms with Crippen molar-refractivity contribution < 1.29 is 4.74 Å². The van der Waals surface area contributed by atoms with Crippen LogP contribution in [0.25, 0.3) is 0 Å². The molecule has 0 fully saturated rings. The summed E-state index contributed by atoms with van der Waals surface area (Å²) in [6, 6.07) is 15.7. The average Bonchev–Trinajstić information content (AvgIpc) is 2.70. The normalized spacial score (nSPS) is 21.4. The zero-order valence-electron chi connectivity index (χ0n) is 20.0. The molecule has 1 heterocycles. The first-order valence-electron chi connectivity index (χ1n) is 11.1. The third-order valence-corrected chi connectivity index (χ3v) is 8.05. The zero-order valence-corrected chi connectivity index (χ0v) is 20.0. The minimum Gasteiger partial charge on any atom is -0.444 e. The molecular formula is C27H40NO+. The van der Waals surface area contributed by atoms with Crippen LogP contribution in [-0.4, -0.2) is 13.8 Å². The van der Waals surface area contributed by atoms with Gasteiger partial charge in [-0.15, -0.1) is 0 Å². The van der Waals surface area contributed by atoms with E-state index in [-0.39, 0.29) is 16.4 Å². The molecule has 1 aliphatic heterocycles. The summed E-state index contributed by atoms with van der Waals surface area (Å²) in [5.41, 5.74) is 5.53. The summed E-state index contributed by atoms with van der Waals surface area (Å²) in [5, 5.41) is 0. The number of quaternary nitrogens is 1. The Bertz CT molecular complexity index is 879. The number of rotatable bonds is 5. The van der Waals surface area contributed by atoms with Crippen molar-refractivity contribution in [2.45, 2.75) is 84.6 Å². The van der Waals surface area contributed by atoms with Crippen molar-refractivity contribution in [3.05, 3.63) is 59.2 Å². The Hall–Kier alpha value is -1.80. The van der Waals surface area contributed by atoms with Gasteiger partial charge in [-0.3, -0.25) is 4.48 Å². The quantitative estimate of drug-likeness (QED) is 0.484. The van der Waals surface area contributed by atoms with Crippen LogP contribution in [0, 0.1) is 0 Å². The molecule has 0 amide bonds. The molecule has 0 saturated carbocycles. The molecule has 2 heteroatoms. The maximum Gasteiger partial charge on any atom is 0.229 e. The van der Waals surface area contributed by atoms with E-state index in [0.29, 0.717) is 6.73 Å². The number of fused-ring (bicyclic) bond motifs is 1. The molecule has 2 nitrogen and oxygen atoms in total. The third-order valence-electron chi connectivity index (χ3n) is 8.05. The lowest BCUT2D eigenvalue weighted by Crippen LogP contribution is -2.62.